The molecule has 0 aromatic heterocycles. The number of benzene rings is 1. The van der Waals surface area contributed by atoms with Crippen LogP contribution in [0, 0.1) is 5.92 Å². The van der Waals surface area contributed by atoms with Crippen LogP contribution in [0.4, 0.5) is 0 Å². The fraction of sp³-hybridized carbons (Fsp3) is 0.562. The van der Waals surface area contributed by atoms with E-state index in [1.807, 2.05) is 23.1 Å². The molecule has 0 radical (unpaired) electrons. The zero-order chi connectivity index (χ0) is 15.2. The van der Waals surface area contributed by atoms with Gasteiger partial charge in [-0.05, 0) is 61.9 Å². The molecule has 1 amide bonds. The number of nitrogens with zero attached hydrogens (tertiary/aromatic N) is 1. The van der Waals surface area contributed by atoms with Gasteiger partial charge in [0, 0.05) is 29.6 Å². The fourth-order valence-corrected chi connectivity index (χ4v) is 3.20. The Bertz CT molecular complexity index is 488. The number of hydrogen-bond acceptors (Lipinski definition) is 2. The number of halogens is 3. The minimum atomic E-state index is 0. The standard InChI is InChI=1S/C16H22Cl2N2O.ClH/c17-14-3-4-15(18)13(11-14)10-12-5-8-20(9-6-12)16(21)2-1-7-19;/h3-4,11-12H,1-2,5-10,19H2;1H. The number of likely N-dealkylation sites (tertiary alicyclic amines) is 1. The van der Waals surface area contributed by atoms with Gasteiger partial charge in [0.15, 0.2) is 0 Å². The zero-order valence-electron chi connectivity index (χ0n) is 12.6. The first-order valence-corrected chi connectivity index (χ1v) is 8.27. The molecular formula is C16H23Cl3N2O. The summed E-state index contributed by atoms with van der Waals surface area (Å²) in [5.74, 6) is 0.805. The van der Waals surface area contributed by atoms with E-state index >= 15 is 0 Å². The summed E-state index contributed by atoms with van der Waals surface area (Å²) in [6.07, 6.45) is 4.33. The lowest BCUT2D eigenvalue weighted by atomic mass is 9.90. The van der Waals surface area contributed by atoms with E-state index in [0.29, 0.717) is 18.9 Å². The maximum Gasteiger partial charge on any atom is 0.222 e. The minimum absolute atomic E-state index is 0. The van der Waals surface area contributed by atoms with E-state index in [0.717, 1.165) is 54.4 Å². The van der Waals surface area contributed by atoms with Gasteiger partial charge in [0.05, 0.1) is 0 Å². The highest BCUT2D eigenvalue weighted by Gasteiger charge is 2.23. The molecule has 0 bridgehead atoms. The molecule has 0 spiro atoms. The van der Waals surface area contributed by atoms with Crippen molar-refractivity contribution in [2.45, 2.75) is 32.1 Å². The lowest BCUT2D eigenvalue weighted by Crippen LogP contribution is -2.39. The Labute approximate surface area is 148 Å². The van der Waals surface area contributed by atoms with E-state index in [1.54, 1.807) is 0 Å². The van der Waals surface area contributed by atoms with Crippen LogP contribution in [0.15, 0.2) is 18.2 Å². The summed E-state index contributed by atoms with van der Waals surface area (Å²) in [4.78, 5) is 13.9. The Morgan fingerprint density at radius 2 is 1.95 bits per heavy atom. The van der Waals surface area contributed by atoms with Gasteiger partial charge in [0.2, 0.25) is 5.91 Å². The van der Waals surface area contributed by atoms with Crippen LogP contribution >= 0.6 is 35.6 Å². The second kappa shape index (κ2) is 9.61. The molecule has 22 heavy (non-hydrogen) atoms. The quantitative estimate of drug-likeness (QED) is 0.859. The zero-order valence-corrected chi connectivity index (χ0v) is 14.9. The lowest BCUT2D eigenvalue weighted by Gasteiger charge is -2.32. The Morgan fingerprint density at radius 1 is 1.27 bits per heavy atom. The van der Waals surface area contributed by atoms with Gasteiger partial charge >= 0.3 is 0 Å². The molecule has 0 unspecified atom stereocenters. The number of piperidine rings is 1. The first kappa shape index (κ1) is 19.6. The van der Waals surface area contributed by atoms with Crippen LogP contribution in [-0.4, -0.2) is 30.4 Å². The summed E-state index contributed by atoms with van der Waals surface area (Å²) >= 11 is 12.2. The van der Waals surface area contributed by atoms with E-state index < -0.39 is 0 Å². The lowest BCUT2D eigenvalue weighted by molar-refractivity contribution is -0.132. The van der Waals surface area contributed by atoms with Gasteiger partial charge < -0.3 is 10.6 Å². The molecule has 0 aliphatic carbocycles. The second-order valence-electron chi connectivity index (χ2n) is 5.66. The molecule has 6 heteroatoms. The summed E-state index contributed by atoms with van der Waals surface area (Å²) in [6.45, 7) is 2.26. The van der Waals surface area contributed by atoms with Gasteiger partial charge in [-0.2, -0.15) is 0 Å². The molecule has 1 aromatic rings. The van der Waals surface area contributed by atoms with Crippen molar-refractivity contribution in [1.82, 2.24) is 4.90 Å². The van der Waals surface area contributed by atoms with Crippen molar-refractivity contribution < 1.29 is 4.79 Å². The molecule has 1 heterocycles. The summed E-state index contributed by atoms with van der Waals surface area (Å²) in [5, 5.41) is 1.50. The number of nitrogens with two attached hydrogens (primary N) is 1. The molecule has 3 nitrogen and oxygen atoms in total. The summed E-state index contributed by atoms with van der Waals surface area (Å²) in [5.41, 5.74) is 6.56. The molecule has 1 aliphatic heterocycles. The van der Waals surface area contributed by atoms with Crippen molar-refractivity contribution in [3.63, 3.8) is 0 Å². The monoisotopic (exact) mass is 364 g/mol. The highest BCUT2D eigenvalue weighted by atomic mass is 35.5. The van der Waals surface area contributed by atoms with Crippen LogP contribution in [0.25, 0.3) is 0 Å². The maximum absolute atomic E-state index is 12.0. The number of carbonyl (C=O) groups is 1. The van der Waals surface area contributed by atoms with Crippen molar-refractivity contribution in [1.29, 1.82) is 0 Å². The van der Waals surface area contributed by atoms with Gasteiger partial charge in [0.25, 0.3) is 0 Å². The molecule has 0 saturated carbocycles. The maximum atomic E-state index is 12.0. The van der Waals surface area contributed by atoms with E-state index in [2.05, 4.69) is 0 Å². The third-order valence-electron chi connectivity index (χ3n) is 4.08. The number of rotatable bonds is 5. The van der Waals surface area contributed by atoms with E-state index in [9.17, 15) is 4.79 Å². The summed E-state index contributed by atoms with van der Waals surface area (Å²) < 4.78 is 0. The second-order valence-corrected chi connectivity index (χ2v) is 6.50. The molecule has 124 valence electrons. The Morgan fingerprint density at radius 3 is 2.59 bits per heavy atom. The molecule has 1 aliphatic rings. The first-order chi connectivity index (χ1) is 10.1. The predicted octanol–water partition coefficient (Wildman–Crippen LogP) is 3.94. The van der Waals surface area contributed by atoms with E-state index in [-0.39, 0.29) is 18.3 Å². The van der Waals surface area contributed by atoms with Crippen molar-refractivity contribution in [3.05, 3.63) is 33.8 Å². The van der Waals surface area contributed by atoms with Crippen molar-refractivity contribution >= 4 is 41.5 Å². The highest BCUT2D eigenvalue weighted by Crippen LogP contribution is 2.27. The molecule has 2 rings (SSSR count). The average molecular weight is 366 g/mol. The van der Waals surface area contributed by atoms with E-state index in [1.165, 1.54) is 0 Å². The van der Waals surface area contributed by atoms with E-state index in [4.69, 9.17) is 28.9 Å². The van der Waals surface area contributed by atoms with Gasteiger partial charge in [0.1, 0.15) is 0 Å². The van der Waals surface area contributed by atoms with Crippen LogP contribution in [0.2, 0.25) is 10.0 Å². The number of carbonyl (C=O) groups excluding carboxylic acids is 1. The Balaban J connectivity index is 0.00000242. The minimum Gasteiger partial charge on any atom is -0.343 e. The van der Waals surface area contributed by atoms with Crippen molar-refractivity contribution in [2.24, 2.45) is 11.7 Å². The van der Waals surface area contributed by atoms with Gasteiger partial charge in [-0.15, -0.1) is 12.4 Å². The molecular weight excluding hydrogens is 343 g/mol. The normalized spacial score (nSPS) is 15.5. The smallest absolute Gasteiger partial charge is 0.222 e. The van der Waals surface area contributed by atoms with Gasteiger partial charge in [-0.3, -0.25) is 4.79 Å². The van der Waals surface area contributed by atoms with Crippen LogP contribution in [0.3, 0.4) is 0 Å². The topological polar surface area (TPSA) is 46.3 Å². The van der Waals surface area contributed by atoms with Crippen molar-refractivity contribution in [2.75, 3.05) is 19.6 Å². The summed E-state index contributed by atoms with van der Waals surface area (Å²) in [7, 11) is 0. The van der Waals surface area contributed by atoms with Crippen molar-refractivity contribution in [3.8, 4) is 0 Å². The average Bonchev–Trinajstić information content (AvgIpc) is 2.49. The van der Waals surface area contributed by atoms with Crippen LogP contribution in [-0.2, 0) is 11.2 Å². The molecule has 1 aromatic carbocycles. The van der Waals surface area contributed by atoms with Crippen LogP contribution in [0.5, 0.6) is 0 Å². The number of amides is 1. The SMILES string of the molecule is Cl.NCCCC(=O)N1CCC(Cc2cc(Cl)ccc2Cl)CC1. The Hall–Kier alpha value is -0.480. The first-order valence-electron chi connectivity index (χ1n) is 7.52. The molecule has 0 atom stereocenters. The molecule has 2 N–H and O–H groups in total. The Kier molecular flexibility index (Phi) is 8.55. The fourth-order valence-electron chi connectivity index (χ4n) is 2.81. The van der Waals surface area contributed by atoms with Crippen LogP contribution < -0.4 is 5.73 Å². The third kappa shape index (κ3) is 5.62. The predicted molar refractivity (Wildman–Crippen MR) is 95.0 cm³/mol. The highest BCUT2D eigenvalue weighted by molar-refractivity contribution is 6.33. The largest absolute Gasteiger partial charge is 0.343 e. The molecule has 1 fully saturated rings. The van der Waals surface area contributed by atoms with Gasteiger partial charge in [-0.1, -0.05) is 23.2 Å². The van der Waals surface area contributed by atoms with Crippen LogP contribution in [0.1, 0.15) is 31.2 Å². The molecule has 1 saturated heterocycles. The summed E-state index contributed by atoms with van der Waals surface area (Å²) in [6, 6.07) is 5.61. The third-order valence-corrected chi connectivity index (χ3v) is 4.68. The van der Waals surface area contributed by atoms with Gasteiger partial charge in [-0.25, -0.2) is 0 Å². The number of hydrogen-bond donors (Lipinski definition) is 1.